The Bertz CT molecular complexity index is 1390. The predicted molar refractivity (Wildman–Crippen MR) is 121 cm³/mol. The van der Waals surface area contributed by atoms with Crippen LogP contribution in [-0.2, 0) is 13.6 Å². The van der Waals surface area contributed by atoms with Gasteiger partial charge < -0.3 is 19.6 Å². The lowest BCUT2D eigenvalue weighted by Crippen LogP contribution is -2.46. The molecule has 1 fully saturated rings. The summed E-state index contributed by atoms with van der Waals surface area (Å²) in [5, 5.41) is 5.64. The molecular formula is C22H23N9O. The zero-order chi connectivity index (χ0) is 21.7. The first-order valence-electron chi connectivity index (χ1n) is 10.6. The van der Waals surface area contributed by atoms with Crippen LogP contribution in [-0.4, -0.2) is 60.2 Å². The van der Waals surface area contributed by atoms with Gasteiger partial charge in [-0.25, -0.2) is 0 Å². The molecule has 4 aromatic heterocycles. The number of nitrogens with two attached hydrogens (primary N) is 1. The van der Waals surface area contributed by atoms with Crippen molar-refractivity contribution in [2.75, 3.05) is 36.8 Å². The molecule has 1 saturated heterocycles. The van der Waals surface area contributed by atoms with Gasteiger partial charge in [-0.3, -0.25) is 4.90 Å². The Morgan fingerprint density at radius 1 is 1.00 bits per heavy atom. The first-order chi connectivity index (χ1) is 15.7. The van der Waals surface area contributed by atoms with Crippen molar-refractivity contribution in [3.63, 3.8) is 0 Å². The summed E-state index contributed by atoms with van der Waals surface area (Å²) in [6, 6.07) is 14.4. The van der Waals surface area contributed by atoms with Gasteiger partial charge in [0.25, 0.3) is 5.78 Å². The number of nitrogens with zero attached hydrogens (tertiary/aromatic N) is 8. The summed E-state index contributed by atoms with van der Waals surface area (Å²) in [5.74, 6) is 2.26. The fourth-order valence-corrected chi connectivity index (χ4v) is 4.28. The van der Waals surface area contributed by atoms with Crippen LogP contribution in [0.15, 0.2) is 53.1 Å². The molecule has 5 heterocycles. The molecule has 0 spiro atoms. The van der Waals surface area contributed by atoms with Gasteiger partial charge in [0.15, 0.2) is 5.76 Å². The highest BCUT2D eigenvalue weighted by molar-refractivity contribution is 5.81. The fraction of sp³-hybridized carbons (Fsp3) is 0.273. The Kier molecular flexibility index (Phi) is 4.32. The molecule has 32 heavy (non-hydrogen) atoms. The number of anilines is 2. The molecule has 0 atom stereocenters. The van der Waals surface area contributed by atoms with Gasteiger partial charge in [-0.05, 0) is 29.7 Å². The molecule has 10 nitrogen and oxygen atoms in total. The van der Waals surface area contributed by atoms with E-state index in [9.17, 15) is 0 Å². The second-order valence-electron chi connectivity index (χ2n) is 8.02. The van der Waals surface area contributed by atoms with Crippen molar-refractivity contribution in [3.8, 4) is 11.6 Å². The molecule has 0 aliphatic carbocycles. The predicted octanol–water partition coefficient (Wildman–Crippen LogP) is 2.18. The highest BCUT2D eigenvalue weighted by atomic mass is 16.3. The first-order valence-corrected chi connectivity index (χ1v) is 10.6. The van der Waals surface area contributed by atoms with Crippen LogP contribution in [0.4, 0.5) is 11.9 Å². The van der Waals surface area contributed by atoms with Crippen molar-refractivity contribution in [1.29, 1.82) is 0 Å². The summed E-state index contributed by atoms with van der Waals surface area (Å²) >= 11 is 0. The van der Waals surface area contributed by atoms with Crippen molar-refractivity contribution in [1.82, 2.24) is 34.0 Å². The average Bonchev–Trinajstić information content (AvgIpc) is 3.54. The van der Waals surface area contributed by atoms with Crippen molar-refractivity contribution in [2.24, 2.45) is 7.05 Å². The van der Waals surface area contributed by atoms with Crippen LogP contribution in [0, 0.1) is 0 Å². The first kappa shape index (κ1) is 18.8. The minimum absolute atomic E-state index is 0.258. The van der Waals surface area contributed by atoms with Gasteiger partial charge in [0.2, 0.25) is 17.7 Å². The fourth-order valence-electron chi connectivity index (χ4n) is 4.28. The van der Waals surface area contributed by atoms with Gasteiger partial charge in [-0.2, -0.15) is 19.5 Å². The van der Waals surface area contributed by atoms with E-state index in [0.717, 1.165) is 32.7 Å². The molecule has 1 aromatic carbocycles. The molecule has 6 rings (SSSR count). The van der Waals surface area contributed by atoms with Crippen LogP contribution in [0.5, 0.6) is 0 Å². The normalized spacial score (nSPS) is 15.2. The lowest BCUT2D eigenvalue weighted by molar-refractivity contribution is 0.244. The van der Waals surface area contributed by atoms with E-state index in [1.165, 1.54) is 21.1 Å². The Labute approximate surface area is 183 Å². The smallest absolute Gasteiger partial charge is 0.259 e. The molecular weight excluding hydrogens is 406 g/mol. The third-order valence-corrected chi connectivity index (χ3v) is 6.05. The molecule has 5 aromatic rings. The van der Waals surface area contributed by atoms with Gasteiger partial charge in [0, 0.05) is 51.0 Å². The lowest BCUT2D eigenvalue weighted by atomic mass is 10.2. The molecule has 0 unspecified atom stereocenters. The Morgan fingerprint density at radius 3 is 2.62 bits per heavy atom. The third-order valence-electron chi connectivity index (χ3n) is 6.05. The topological polar surface area (TPSA) is 107 Å². The maximum atomic E-state index is 6.15. The lowest BCUT2D eigenvalue weighted by Gasteiger charge is -2.34. The number of fused-ring (bicyclic) bond motifs is 2. The highest BCUT2D eigenvalue weighted by Gasteiger charge is 2.22. The number of benzene rings is 1. The van der Waals surface area contributed by atoms with Crippen LogP contribution < -0.4 is 10.6 Å². The zero-order valence-electron chi connectivity index (χ0n) is 17.7. The number of para-hydroxylation sites is 1. The van der Waals surface area contributed by atoms with E-state index in [1.807, 2.05) is 0 Å². The zero-order valence-corrected chi connectivity index (χ0v) is 17.7. The molecule has 1 aliphatic heterocycles. The van der Waals surface area contributed by atoms with Crippen molar-refractivity contribution < 1.29 is 4.42 Å². The van der Waals surface area contributed by atoms with Crippen LogP contribution in [0.25, 0.3) is 28.3 Å². The largest absolute Gasteiger partial charge is 0.461 e. The Balaban J connectivity index is 1.18. The van der Waals surface area contributed by atoms with Crippen molar-refractivity contribution in [3.05, 3.63) is 54.4 Å². The maximum Gasteiger partial charge on any atom is 0.259 e. The monoisotopic (exact) mass is 429 g/mol. The second-order valence-corrected chi connectivity index (χ2v) is 8.02. The SMILES string of the molecule is Cn1c(CN2CCN(c3nc(N)n4nc(-c5ccco5)nc4n3)CC2)cc2ccccc21. The molecule has 1 aliphatic rings. The summed E-state index contributed by atoms with van der Waals surface area (Å²) in [4.78, 5) is 18.1. The van der Waals surface area contributed by atoms with E-state index in [1.54, 1.807) is 18.4 Å². The number of hydrogen-bond acceptors (Lipinski definition) is 8. The van der Waals surface area contributed by atoms with Crippen molar-refractivity contribution >= 4 is 28.6 Å². The standard InChI is InChI=1S/C22H23N9O/c1-28-16(13-15-5-2-3-6-17(15)28)14-29-8-10-30(11-9-29)21-25-20(23)31-22(26-21)24-19(27-31)18-7-4-12-32-18/h2-7,12-13H,8-11,14H2,1H3,(H2,23,24,25,26,27). The number of aryl methyl sites for hydroxylation is 1. The summed E-state index contributed by atoms with van der Waals surface area (Å²) < 4.78 is 9.10. The number of nitrogen functional groups attached to an aromatic ring is 1. The van der Waals surface area contributed by atoms with E-state index < -0.39 is 0 Å². The van der Waals surface area contributed by atoms with E-state index in [2.05, 4.69) is 71.8 Å². The van der Waals surface area contributed by atoms with Crippen LogP contribution in [0.2, 0.25) is 0 Å². The second kappa shape index (κ2) is 7.34. The van der Waals surface area contributed by atoms with E-state index >= 15 is 0 Å². The molecule has 0 amide bonds. The van der Waals surface area contributed by atoms with Gasteiger partial charge in [0.1, 0.15) is 0 Å². The summed E-state index contributed by atoms with van der Waals surface area (Å²) in [7, 11) is 2.13. The van der Waals surface area contributed by atoms with Crippen LogP contribution in [0.1, 0.15) is 5.69 Å². The quantitative estimate of drug-likeness (QED) is 0.463. The summed E-state index contributed by atoms with van der Waals surface area (Å²) in [6.07, 6.45) is 1.58. The summed E-state index contributed by atoms with van der Waals surface area (Å²) in [6.45, 7) is 4.38. The molecule has 10 heteroatoms. The molecule has 162 valence electrons. The molecule has 0 bridgehead atoms. The number of furan rings is 1. The number of hydrogen-bond donors (Lipinski definition) is 1. The highest BCUT2D eigenvalue weighted by Crippen LogP contribution is 2.22. The van der Waals surface area contributed by atoms with E-state index in [4.69, 9.17) is 10.2 Å². The molecule has 2 N–H and O–H groups in total. The minimum atomic E-state index is 0.258. The third kappa shape index (κ3) is 3.16. The average molecular weight is 429 g/mol. The van der Waals surface area contributed by atoms with Crippen LogP contribution >= 0.6 is 0 Å². The van der Waals surface area contributed by atoms with Gasteiger partial charge in [0.05, 0.1) is 6.26 Å². The minimum Gasteiger partial charge on any atom is -0.461 e. The van der Waals surface area contributed by atoms with Gasteiger partial charge in [-0.15, -0.1) is 5.10 Å². The number of aromatic nitrogens is 6. The van der Waals surface area contributed by atoms with Gasteiger partial charge in [-0.1, -0.05) is 18.2 Å². The van der Waals surface area contributed by atoms with Crippen molar-refractivity contribution in [2.45, 2.75) is 6.54 Å². The number of rotatable bonds is 4. The van der Waals surface area contributed by atoms with E-state index in [0.29, 0.717) is 23.3 Å². The molecule has 0 saturated carbocycles. The van der Waals surface area contributed by atoms with E-state index in [-0.39, 0.29) is 5.95 Å². The number of piperazine rings is 1. The van der Waals surface area contributed by atoms with Crippen LogP contribution in [0.3, 0.4) is 0 Å². The molecule has 0 radical (unpaired) electrons. The Morgan fingerprint density at radius 2 is 1.84 bits per heavy atom. The Hall–Kier alpha value is -3.92. The van der Waals surface area contributed by atoms with Gasteiger partial charge >= 0.3 is 0 Å². The summed E-state index contributed by atoms with van der Waals surface area (Å²) in [5.41, 5.74) is 8.73. The maximum absolute atomic E-state index is 6.15.